The molecule has 1 saturated heterocycles. The van der Waals surface area contributed by atoms with Gasteiger partial charge in [-0.15, -0.1) is 0 Å². The molecule has 1 aliphatic heterocycles. The average molecular weight is 436 g/mol. The third-order valence-electron chi connectivity index (χ3n) is 6.18. The second kappa shape index (κ2) is 11.7. The lowest BCUT2D eigenvalue weighted by atomic mass is 9.97. The van der Waals surface area contributed by atoms with Gasteiger partial charge in [0.15, 0.2) is 5.96 Å². The highest BCUT2D eigenvalue weighted by Crippen LogP contribution is 2.19. The summed E-state index contributed by atoms with van der Waals surface area (Å²) in [5, 5.41) is 6.86. The van der Waals surface area contributed by atoms with Crippen molar-refractivity contribution < 1.29 is 4.79 Å². The van der Waals surface area contributed by atoms with Crippen LogP contribution in [0.2, 0.25) is 0 Å². The zero-order chi connectivity index (χ0) is 22.9. The molecule has 6 nitrogen and oxygen atoms in total. The van der Waals surface area contributed by atoms with Gasteiger partial charge in [-0.3, -0.25) is 14.7 Å². The maximum Gasteiger partial charge on any atom is 0.221 e. The Balaban J connectivity index is 1.49. The number of likely N-dealkylation sites (tertiary alicyclic amines) is 1. The highest BCUT2D eigenvalue weighted by Gasteiger charge is 2.23. The fourth-order valence-corrected chi connectivity index (χ4v) is 4.28. The van der Waals surface area contributed by atoms with Crippen molar-refractivity contribution in [1.82, 2.24) is 15.5 Å². The highest BCUT2D eigenvalue weighted by molar-refractivity contribution is 5.79. The molecule has 4 N–H and O–H groups in total. The molecule has 3 rings (SSSR count). The molecule has 1 aliphatic rings. The Morgan fingerprint density at radius 3 is 2.72 bits per heavy atom. The predicted octanol–water partition coefficient (Wildman–Crippen LogP) is 3.16. The van der Waals surface area contributed by atoms with E-state index >= 15 is 0 Å². The van der Waals surface area contributed by atoms with Gasteiger partial charge in [0.1, 0.15) is 0 Å². The monoisotopic (exact) mass is 435 g/mol. The van der Waals surface area contributed by atoms with Gasteiger partial charge in [0, 0.05) is 33.2 Å². The number of hydrogen-bond donors (Lipinski definition) is 3. The molecular formula is C26H37N5O. The van der Waals surface area contributed by atoms with Crippen molar-refractivity contribution in [2.45, 2.75) is 45.7 Å². The summed E-state index contributed by atoms with van der Waals surface area (Å²) in [5.74, 6) is 0.995. The molecule has 172 valence electrons. The van der Waals surface area contributed by atoms with Crippen molar-refractivity contribution in [2.75, 3.05) is 26.7 Å². The summed E-state index contributed by atoms with van der Waals surface area (Å²) < 4.78 is 0. The topological polar surface area (TPSA) is 82.8 Å². The number of carbonyl (C=O) groups is 1. The van der Waals surface area contributed by atoms with Gasteiger partial charge in [0.25, 0.3) is 0 Å². The second-order valence-corrected chi connectivity index (χ2v) is 8.92. The number of aryl methyl sites for hydroxylation is 1. The molecule has 0 bridgehead atoms. The smallest absolute Gasteiger partial charge is 0.221 e. The number of nitrogens with two attached hydrogens (primary N) is 1. The Labute approximate surface area is 192 Å². The molecule has 2 unspecified atom stereocenters. The van der Waals surface area contributed by atoms with Gasteiger partial charge in [-0.2, -0.15) is 0 Å². The second-order valence-electron chi connectivity index (χ2n) is 8.92. The third-order valence-corrected chi connectivity index (χ3v) is 6.18. The number of carbonyl (C=O) groups excluding carboxylic acids is 1. The number of amides is 1. The van der Waals surface area contributed by atoms with Crippen molar-refractivity contribution >= 4 is 11.9 Å². The molecule has 2 aromatic carbocycles. The van der Waals surface area contributed by atoms with Crippen molar-refractivity contribution in [1.29, 1.82) is 0 Å². The van der Waals surface area contributed by atoms with Crippen LogP contribution in [0.3, 0.4) is 0 Å². The fourth-order valence-electron chi connectivity index (χ4n) is 4.28. The summed E-state index contributed by atoms with van der Waals surface area (Å²) in [4.78, 5) is 18.2. The molecule has 0 radical (unpaired) electrons. The molecule has 0 aromatic heterocycles. The van der Waals surface area contributed by atoms with E-state index in [1.807, 2.05) is 0 Å². The van der Waals surface area contributed by atoms with E-state index < -0.39 is 0 Å². The molecule has 2 aromatic rings. The molecule has 1 heterocycles. The molecule has 0 spiro atoms. The zero-order valence-corrected chi connectivity index (χ0v) is 19.6. The zero-order valence-electron chi connectivity index (χ0n) is 19.6. The minimum absolute atomic E-state index is 0.0230. The number of nitrogens with one attached hydrogen (secondary N) is 2. The van der Waals surface area contributed by atoms with Crippen LogP contribution >= 0.6 is 0 Å². The van der Waals surface area contributed by atoms with E-state index in [1.54, 1.807) is 7.05 Å². The van der Waals surface area contributed by atoms with E-state index in [4.69, 9.17) is 5.73 Å². The molecule has 6 heteroatoms. The van der Waals surface area contributed by atoms with Crippen molar-refractivity contribution in [2.24, 2.45) is 16.6 Å². The molecule has 0 saturated carbocycles. The van der Waals surface area contributed by atoms with Gasteiger partial charge in [-0.05, 0) is 48.9 Å². The maximum atomic E-state index is 11.5. The summed E-state index contributed by atoms with van der Waals surface area (Å²) in [6.45, 7) is 8.49. The molecule has 1 fully saturated rings. The van der Waals surface area contributed by atoms with Crippen molar-refractivity contribution in [3.63, 3.8) is 0 Å². The quantitative estimate of drug-likeness (QED) is 0.439. The van der Waals surface area contributed by atoms with Crippen LogP contribution in [0.1, 0.15) is 47.9 Å². The lowest BCUT2D eigenvalue weighted by Crippen LogP contribution is -2.40. The fraction of sp³-hybridized carbons (Fsp3) is 0.462. The van der Waals surface area contributed by atoms with Gasteiger partial charge < -0.3 is 16.4 Å². The van der Waals surface area contributed by atoms with Crippen LogP contribution in [0, 0.1) is 12.8 Å². The average Bonchev–Trinajstić information content (AvgIpc) is 2.79. The number of hydrogen-bond acceptors (Lipinski definition) is 3. The minimum atomic E-state index is -0.178. The summed E-state index contributed by atoms with van der Waals surface area (Å²) in [6, 6.07) is 17.2. The number of guanidine groups is 1. The van der Waals surface area contributed by atoms with Gasteiger partial charge >= 0.3 is 0 Å². The Morgan fingerprint density at radius 1 is 1.19 bits per heavy atom. The number of piperidine rings is 1. The number of aliphatic imine (C=N–C) groups is 1. The van der Waals surface area contributed by atoms with Crippen LogP contribution in [-0.4, -0.2) is 43.4 Å². The van der Waals surface area contributed by atoms with E-state index in [0.29, 0.717) is 12.5 Å². The number of benzene rings is 2. The molecule has 2 atom stereocenters. The summed E-state index contributed by atoms with van der Waals surface area (Å²) in [5.41, 5.74) is 10.6. The summed E-state index contributed by atoms with van der Waals surface area (Å²) in [6.07, 6.45) is 1.93. The first kappa shape index (κ1) is 23.8. The normalized spacial score (nSPS) is 18.2. The Kier molecular flexibility index (Phi) is 8.68. The molecule has 0 aliphatic carbocycles. The summed E-state index contributed by atoms with van der Waals surface area (Å²) >= 11 is 0. The van der Waals surface area contributed by atoms with Gasteiger partial charge in [-0.25, -0.2) is 0 Å². The van der Waals surface area contributed by atoms with Crippen LogP contribution in [0.4, 0.5) is 0 Å². The van der Waals surface area contributed by atoms with E-state index in [2.05, 4.69) is 82.9 Å². The van der Waals surface area contributed by atoms with Crippen LogP contribution in [0.25, 0.3) is 0 Å². The van der Waals surface area contributed by atoms with E-state index in [1.165, 1.54) is 22.3 Å². The highest BCUT2D eigenvalue weighted by atomic mass is 16.1. The predicted molar refractivity (Wildman–Crippen MR) is 131 cm³/mol. The molecule has 32 heavy (non-hydrogen) atoms. The van der Waals surface area contributed by atoms with Crippen molar-refractivity contribution in [3.05, 3.63) is 70.8 Å². The SMILES string of the molecule is CN=C(NCc1cccc(CN2CCCC(C(N)=O)C2)c1)NCC(C)c1cccc(C)c1. The van der Waals surface area contributed by atoms with Crippen LogP contribution in [0.5, 0.6) is 0 Å². The standard InChI is InChI=1S/C26H37N5O/c1-19-7-4-10-23(13-19)20(2)15-29-26(28-3)30-16-21-8-5-9-22(14-21)17-31-12-6-11-24(18-31)25(27)32/h4-5,7-10,13-14,20,24H,6,11-12,15-18H2,1-3H3,(H2,27,32)(H2,28,29,30). The van der Waals surface area contributed by atoms with E-state index in [-0.39, 0.29) is 11.8 Å². The van der Waals surface area contributed by atoms with Crippen LogP contribution in [-0.2, 0) is 17.9 Å². The lowest BCUT2D eigenvalue weighted by Gasteiger charge is -2.31. The molecule has 1 amide bonds. The molecular weight excluding hydrogens is 398 g/mol. The van der Waals surface area contributed by atoms with Gasteiger partial charge in [0.2, 0.25) is 5.91 Å². The summed E-state index contributed by atoms with van der Waals surface area (Å²) in [7, 11) is 1.80. The van der Waals surface area contributed by atoms with Crippen LogP contribution in [0.15, 0.2) is 53.5 Å². The number of nitrogens with zero attached hydrogens (tertiary/aromatic N) is 2. The van der Waals surface area contributed by atoms with E-state index in [9.17, 15) is 4.79 Å². The Bertz CT molecular complexity index is 926. The first-order valence-corrected chi connectivity index (χ1v) is 11.5. The minimum Gasteiger partial charge on any atom is -0.369 e. The largest absolute Gasteiger partial charge is 0.369 e. The van der Waals surface area contributed by atoms with Gasteiger partial charge in [0.05, 0.1) is 5.92 Å². The number of primary amides is 1. The van der Waals surface area contributed by atoms with E-state index in [0.717, 1.165) is 45.0 Å². The number of rotatable bonds is 8. The first-order chi connectivity index (χ1) is 15.4. The maximum absolute atomic E-state index is 11.5. The Hall–Kier alpha value is -2.86. The van der Waals surface area contributed by atoms with Crippen LogP contribution < -0.4 is 16.4 Å². The third kappa shape index (κ3) is 7.09. The Morgan fingerprint density at radius 2 is 1.97 bits per heavy atom. The first-order valence-electron chi connectivity index (χ1n) is 11.5. The lowest BCUT2D eigenvalue weighted by molar-refractivity contribution is -0.123. The van der Waals surface area contributed by atoms with Crippen molar-refractivity contribution in [3.8, 4) is 0 Å². The van der Waals surface area contributed by atoms with Gasteiger partial charge in [-0.1, -0.05) is 61.0 Å².